The maximum Gasteiger partial charge on any atom is 0.242 e. The molecule has 0 saturated heterocycles. The molecule has 11 aromatic rings. The van der Waals surface area contributed by atoms with Crippen LogP contribution in [0.15, 0.2) is 224 Å². The minimum Gasteiger partial charge on any atom is -0.278 e. The molecule has 4 nitrogen and oxygen atoms in total. The summed E-state index contributed by atoms with van der Waals surface area (Å²) in [5.74, 6) is 1.67. The van der Waals surface area contributed by atoms with Gasteiger partial charge in [-0.05, 0) is 123 Å². The lowest BCUT2D eigenvalue weighted by atomic mass is 9.34. The average Bonchev–Trinajstić information content (AvgIpc) is 3.41. The molecule has 0 N–H and O–H groups in total. The molecule has 0 amide bonds. The lowest BCUT2D eigenvalue weighted by Gasteiger charge is -2.28. The van der Waals surface area contributed by atoms with Gasteiger partial charge in [0.1, 0.15) is 0 Å². The van der Waals surface area contributed by atoms with Crippen LogP contribution >= 0.6 is 0 Å². The molecule has 0 radical (unpaired) electrons. The zero-order valence-electron chi connectivity index (χ0n) is 41.7. The van der Waals surface area contributed by atoms with Crippen LogP contribution in [0.4, 0.5) is 17.3 Å². The van der Waals surface area contributed by atoms with Crippen molar-refractivity contribution in [3.05, 3.63) is 258 Å². The predicted molar refractivity (Wildman–Crippen MR) is 305 cm³/mol. The van der Waals surface area contributed by atoms with Gasteiger partial charge >= 0.3 is 0 Å². The van der Waals surface area contributed by atoms with Gasteiger partial charge in [-0.2, -0.15) is 9.97 Å². The first-order valence-corrected chi connectivity index (χ1v) is 24.9. The quantitative estimate of drug-likeness (QED) is 0.121. The Balaban J connectivity index is 1.18. The molecule has 0 aliphatic rings. The van der Waals surface area contributed by atoms with Crippen LogP contribution in [0.3, 0.4) is 0 Å². The highest BCUT2D eigenvalue weighted by Crippen LogP contribution is 2.43. The topological polar surface area (TPSA) is 41.9 Å². The first-order valence-electron chi connectivity index (χ1n) is 24.9. The van der Waals surface area contributed by atoms with E-state index in [9.17, 15) is 0 Å². The van der Waals surface area contributed by atoms with Gasteiger partial charge in [-0.3, -0.25) is 4.90 Å². The molecule has 0 bridgehead atoms. The minimum absolute atomic E-state index is 0.0124. The smallest absolute Gasteiger partial charge is 0.242 e. The number of hydrogen-bond acceptors (Lipinski definition) is 4. The molecular formula is C67H55BN4. The van der Waals surface area contributed by atoms with Crippen LogP contribution in [-0.4, -0.2) is 21.7 Å². The summed E-state index contributed by atoms with van der Waals surface area (Å²) >= 11 is 0. The van der Waals surface area contributed by atoms with Crippen molar-refractivity contribution in [2.75, 3.05) is 4.90 Å². The van der Waals surface area contributed by atoms with E-state index >= 15 is 0 Å². The zero-order valence-corrected chi connectivity index (χ0v) is 41.7. The molecule has 5 heteroatoms. The van der Waals surface area contributed by atoms with Crippen molar-refractivity contribution in [2.24, 2.45) is 0 Å². The summed E-state index contributed by atoms with van der Waals surface area (Å²) in [6.07, 6.45) is 0. The van der Waals surface area contributed by atoms with E-state index in [2.05, 4.69) is 253 Å². The molecule has 346 valence electrons. The Morgan fingerprint density at radius 3 is 1.22 bits per heavy atom. The van der Waals surface area contributed by atoms with Crippen LogP contribution in [0.2, 0.25) is 0 Å². The molecule has 0 aliphatic carbocycles. The predicted octanol–water partition coefficient (Wildman–Crippen LogP) is 15.2. The summed E-state index contributed by atoms with van der Waals surface area (Å²) in [5.41, 5.74) is 21.9. The van der Waals surface area contributed by atoms with Gasteiger partial charge in [0.25, 0.3) is 0 Å². The molecule has 0 atom stereocenters. The summed E-state index contributed by atoms with van der Waals surface area (Å²) in [6, 6.07) is 80.4. The fourth-order valence-electron chi connectivity index (χ4n) is 10.9. The third-order valence-corrected chi connectivity index (χ3v) is 14.0. The normalized spacial score (nSPS) is 11.2. The van der Waals surface area contributed by atoms with Crippen LogP contribution in [0, 0.1) is 41.5 Å². The second kappa shape index (κ2) is 19.6. The van der Waals surface area contributed by atoms with E-state index < -0.39 is 0 Å². The van der Waals surface area contributed by atoms with E-state index in [-0.39, 0.29) is 6.71 Å². The molecule has 11 rings (SSSR count). The number of anilines is 3. The third kappa shape index (κ3) is 9.14. The highest BCUT2D eigenvalue weighted by Gasteiger charge is 2.30. The number of nitrogens with zero attached hydrogens (tertiary/aromatic N) is 4. The van der Waals surface area contributed by atoms with Crippen LogP contribution in [0.1, 0.15) is 33.4 Å². The second-order valence-electron chi connectivity index (χ2n) is 19.2. The number of hydrogen-bond donors (Lipinski definition) is 0. The number of aromatic nitrogens is 3. The monoisotopic (exact) mass is 926 g/mol. The van der Waals surface area contributed by atoms with Crippen molar-refractivity contribution in [3.8, 4) is 56.2 Å². The maximum atomic E-state index is 5.59. The van der Waals surface area contributed by atoms with Gasteiger partial charge in [0, 0.05) is 22.4 Å². The maximum absolute atomic E-state index is 5.59. The van der Waals surface area contributed by atoms with Crippen molar-refractivity contribution in [2.45, 2.75) is 41.5 Å². The fourth-order valence-corrected chi connectivity index (χ4v) is 10.9. The van der Waals surface area contributed by atoms with Crippen molar-refractivity contribution in [1.82, 2.24) is 15.0 Å². The molecule has 1 heterocycles. The van der Waals surface area contributed by atoms with Gasteiger partial charge in [-0.1, -0.05) is 232 Å². The number of rotatable bonds is 11. The Hall–Kier alpha value is -8.67. The highest BCUT2D eigenvalue weighted by molar-refractivity contribution is 6.96. The van der Waals surface area contributed by atoms with E-state index in [1.165, 1.54) is 49.8 Å². The van der Waals surface area contributed by atoms with Crippen LogP contribution < -0.4 is 21.3 Å². The van der Waals surface area contributed by atoms with E-state index in [0.717, 1.165) is 66.7 Å². The van der Waals surface area contributed by atoms with Gasteiger partial charge in [-0.25, -0.2) is 4.98 Å². The van der Waals surface area contributed by atoms with Gasteiger partial charge in [0.15, 0.2) is 11.6 Å². The van der Waals surface area contributed by atoms with E-state index in [4.69, 9.17) is 15.0 Å². The van der Waals surface area contributed by atoms with E-state index in [0.29, 0.717) is 17.6 Å². The number of fused-ring (bicyclic) bond motifs is 1. The van der Waals surface area contributed by atoms with Crippen molar-refractivity contribution >= 4 is 51.2 Å². The van der Waals surface area contributed by atoms with E-state index in [1.807, 2.05) is 18.2 Å². The Morgan fingerprint density at radius 1 is 0.333 bits per heavy atom. The lowest BCUT2D eigenvalue weighted by molar-refractivity contribution is 1.02. The summed E-state index contributed by atoms with van der Waals surface area (Å²) in [6.45, 7) is 13.5. The Bertz CT molecular complexity index is 3580. The van der Waals surface area contributed by atoms with Crippen molar-refractivity contribution in [3.63, 3.8) is 0 Å². The van der Waals surface area contributed by atoms with Crippen LogP contribution in [0.25, 0.3) is 66.9 Å². The van der Waals surface area contributed by atoms with Gasteiger partial charge in [-0.15, -0.1) is 0 Å². The number of benzene rings is 10. The zero-order chi connectivity index (χ0) is 49.3. The molecule has 72 heavy (non-hydrogen) atoms. The van der Waals surface area contributed by atoms with Crippen LogP contribution in [0.5, 0.6) is 0 Å². The first kappa shape index (κ1) is 45.8. The standard InChI is InChI=1S/C67H55BN4/c1-44-35-46(3)63(47(4)36-44)68(64-48(5)37-45(2)38-49(64)6)59-31-33-60(34-32-59)72(62-43-55-30-20-19-29-54(55)42-61(62)52-25-15-9-16-26-52)67-70-65(53-27-17-10-18-28-53)69-66(71-67)58-40-56(50-21-11-7-12-22-50)39-57(41-58)51-23-13-8-14-24-51/h7-43H,1-6H3. The van der Waals surface area contributed by atoms with Crippen molar-refractivity contribution < 1.29 is 0 Å². The summed E-state index contributed by atoms with van der Waals surface area (Å²) < 4.78 is 0. The summed E-state index contributed by atoms with van der Waals surface area (Å²) in [4.78, 5) is 18.7. The lowest BCUT2D eigenvalue weighted by Crippen LogP contribution is -2.55. The summed E-state index contributed by atoms with van der Waals surface area (Å²) in [5, 5.41) is 2.27. The molecule has 0 fully saturated rings. The van der Waals surface area contributed by atoms with Crippen molar-refractivity contribution in [1.29, 1.82) is 0 Å². The highest BCUT2D eigenvalue weighted by atomic mass is 15.3. The van der Waals surface area contributed by atoms with E-state index in [1.54, 1.807) is 0 Å². The second-order valence-corrected chi connectivity index (χ2v) is 19.2. The van der Waals surface area contributed by atoms with Gasteiger partial charge < -0.3 is 0 Å². The Kier molecular flexibility index (Phi) is 12.5. The minimum atomic E-state index is 0.0124. The van der Waals surface area contributed by atoms with Crippen LogP contribution in [-0.2, 0) is 0 Å². The molecule has 0 saturated carbocycles. The molecule has 1 aromatic heterocycles. The largest absolute Gasteiger partial charge is 0.278 e. The molecule has 0 aliphatic heterocycles. The molecule has 0 unspecified atom stereocenters. The average molecular weight is 927 g/mol. The summed E-state index contributed by atoms with van der Waals surface area (Å²) in [7, 11) is 0. The SMILES string of the molecule is Cc1cc(C)c(B(c2ccc(N(c3nc(-c4ccccc4)nc(-c4cc(-c5ccccc5)cc(-c5ccccc5)c4)n3)c3cc4ccccc4cc3-c3ccccc3)cc2)c2c(C)cc(C)cc2C)c(C)c1. The van der Waals surface area contributed by atoms with Gasteiger partial charge in [0.05, 0.1) is 5.69 Å². The molecule has 10 aromatic carbocycles. The Morgan fingerprint density at radius 2 is 0.736 bits per heavy atom. The third-order valence-electron chi connectivity index (χ3n) is 14.0. The first-order chi connectivity index (χ1) is 35.1. The van der Waals surface area contributed by atoms with Gasteiger partial charge in [0.2, 0.25) is 12.7 Å². The fraction of sp³-hybridized carbons (Fsp3) is 0.0896. The molecule has 0 spiro atoms. The Labute approximate surface area is 424 Å². The number of aryl methyl sites for hydroxylation is 6. The molecular weight excluding hydrogens is 872 g/mol.